The molecule has 0 aliphatic carbocycles. The van der Waals surface area contributed by atoms with E-state index < -0.39 is 12.0 Å². The SMILES string of the molecule is CN1CCCC(C(=O)N2CSC[C@H]2C(=O)O)C1. The van der Waals surface area contributed by atoms with Gasteiger partial charge >= 0.3 is 5.97 Å². The van der Waals surface area contributed by atoms with Gasteiger partial charge in [0.25, 0.3) is 0 Å². The summed E-state index contributed by atoms with van der Waals surface area (Å²) >= 11 is 1.52. The summed E-state index contributed by atoms with van der Waals surface area (Å²) in [6.07, 6.45) is 1.91. The van der Waals surface area contributed by atoms with E-state index in [0.29, 0.717) is 11.6 Å². The number of nitrogens with zero attached hydrogens (tertiary/aromatic N) is 2. The molecule has 2 saturated heterocycles. The van der Waals surface area contributed by atoms with Crippen LogP contribution in [0.25, 0.3) is 0 Å². The molecule has 2 heterocycles. The monoisotopic (exact) mass is 258 g/mol. The topological polar surface area (TPSA) is 60.9 Å². The number of aliphatic carboxylic acids is 1. The maximum atomic E-state index is 12.3. The predicted octanol–water partition coefficient (Wildman–Crippen LogP) is 0.314. The Bertz CT molecular complexity index is 324. The minimum atomic E-state index is -0.882. The lowest BCUT2D eigenvalue weighted by molar-refractivity contribution is -0.150. The van der Waals surface area contributed by atoms with Gasteiger partial charge in [-0.05, 0) is 26.4 Å². The fourth-order valence-corrected chi connectivity index (χ4v) is 3.62. The number of thioether (sulfide) groups is 1. The number of carbonyl (C=O) groups excluding carboxylic acids is 1. The number of hydrogen-bond donors (Lipinski definition) is 1. The maximum absolute atomic E-state index is 12.3. The molecule has 96 valence electrons. The molecule has 1 amide bonds. The Labute approximate surface area is 105 Å². The molecule has 2 fully saturated rings. The zero-order chi connectivity index (χ0) is 12.4. The summed E-state index contributed by atoms with van der Waals surface area (Å²) in [6, 6.07) is -0.625. The van der Waals surface area contributed by atoms with E-state index in [4.69, 9.17) is 5.11 Å². The lowest BCUT2D eigenvalue weighted by Gasteiger charge is -2.32. The Morgan fingerprint density at radius 2 is 2.18 bits per heavy atom. The molecule has 2 rings (SSSR count). The predicted molar refractivity (Wildman–Crippen MR) is 65.8 cm³/mol. The minimum absolute atomic E-state index is 0.0192. The number of carbonyl (C=O) groups is 2. The van der Waals surface area contributed by atoms with Crippen LogP contribution in [0.2, 0.25) is 0 Å². The molecule has 2 aliphatic heterocycles. The van der Waals surface area contributed by atoms with Gasteiger partial charge in [-0.2, -0.15) is 0 Å². The van der Waals surface area contributed by atoms with Gasteiger partial charge in [-0.3, -0.25) is 4.79 Å². The number of likely N-dealkylation sites (tertiary alicyclic amines) is 1. The van der Waals surface area contributed by atoms with Crippen LogP contribution in [-0.2, 0) is 9.59 Å². The highest BCUT2D eigenvalue weighted by atomic mass is 32.2. The van der Waals surface area contributed by atoms with E-state index in [-0.39, 0.29) is 11.8 Å². The maximum Gasteiger partial charge on any atom is 0.327 e. The number of rotatable bonds is 2. The zero-order valence-electron chi connectivity index (χ0n) is 9.96. The van der Waals surface area contributed by atoms with Gasteiger partial charge in [-0.25, -0.2) is 4.79 Å². The van der Waals surface area contributed by atoms with E-state index in [1.54, 1.807) is 0 Å². The van der Waals surface area contributed by atoms with Crippen molar-refractivity contribution in [3.05, 3.63) is 0 Å². The third-order valence-electron chi connectivity index (χ3n) is 3.42. The van der Waals surface area contributed by atoms with Crippen molar-refractivity contribution in [2.75, 3.05) is 31.8 Å². The Morgan fingerprint density at radius 1 is 1.41 bits per heavy atom. The fraction of sp³-hybridized carbons (Fsp3) is 0.818. The number of carboxylic acid groups (broad SMARTS) is 1. The average Bonchev–Trinajstić information content (AvgIpc) is 2.77. The second-order valence-corrected chi connectivity index (χ2v) is 5.76. The lowest BCUT2D eigenvalue weighted by atomic mass is 9.96. The van der Waals surface area contributed by atoms with Gasteiger partial charge in [0.15, 0.2) is 0 Å². The van der Waals surface area contributed by atoms with Crippen molar-refractivity contribution < 1.29 is 14.7 Å². The molecule has 0 radical (unpaired) electrons. The van der Waals surface area contributed by atoms with Crippen molar-refractivity contribution in [1.29, 1.82) is 0 Å². The smallest absolute Gasteiger partial charge is 0.327 e. The Kier molecular flexibility index (Phi) is 3.93. The highest BCUT2D eigenvalue weighted by Gasteiger charge is 2.38. The van der Waals surface area contributed by atoms with Crippen molar-refractivity contribution in [3.63, 3.8) is 0 Å². The molecule has 0 aromatic carbocycles. The first-order valence-electron chi connectivity index (χ1n) is 5.89. The third-order valence-corrected chi connectivity index (χ3v) is 4.44. The van der Waals surface area contributed by atoms with E-state index in [1.165, 1.54) is 16.7 Å². The summed E-state index contributed by atoms with van der Waals surface area (Å²) in [7, 11) is 2.01. The standard InChI is InChI=1S/C11H18N2O3S/c1-12-4-2-3-8(5-12)10(14)13-7-17-6-9(13)11(15)16/h8-9H,2-7H2,1H3,(H,15,16)/t8?,9-/m0/s1. The number of hydrogen-bond acceptors (Lipinski definition) is 4. The second-order valence-electron chi connectivity index (χ2n) is 4.76. The molecular formula is C11H18N2O3S. The van der Waals surface area contributed by atoms with Crippen LogP contribution in [0.1, 0.15) is 12.8 Å². The Balaban J connectivity index is 2.01. The first-order valence-corrected chi connectivity index (χ1v) is 7.04. The van der Waals surface area contributed by atoms with E-state index in [9.17, 15) is 9.59 Å². The van der Waals surface area contributed by atoms with Crippen LogP contribution in [0.15, 0.2) is 0 Å². The van der Waals surface area contributed by atoms with Crippen LogP contribution < -0.4 is 0 Å². The quantitative estimate of drug-likeness (QED) is 0.772. The van der Waals surface area contributed by atoms with Gasteiger partial charge in [0.1, 0.15) is 6.04 Å². The molecule has 2 atom stereocenters. The summed E-state index contributed by atoms with van der Waals surface area (Å²) in [5.74, 6) is 0.162. The van der Waals surface area contributed by atoms with Crippen molar-refractivity contribution in [2.45, 2.75) is 18.9 Å². The molecule has 0 spiro atoms. The van der Waals surface area contributed by atoms with Gasteiger partial charge in [0.05, 0.1) is 11.8 Å². The second kappa shape index (κ2) is 5.27. The van der Waals surface area contributed by atoms with Crippen LogP contribution in [0.3, 0.4) is 0 Å². The van der Waals surface area contributed by atoms with Gasteiger partial charge in [-0.1, -0.05) is 0 Å². The number of piperidine rings is 1. The largest absolute Gasteiger partial charge is 0.480 e. The lowest BCUT2D eigenvalue weighted by Crippen LogP contribution is -2.48. The summed E-state index contributed by atoms with van der Waals surface area (Å²) in [4.78, 5) is 27.0. The molecule has 0 bridgehead atoms. The summed E-state index contributed by atoms with van der Waals surface area (Å²) in [6.45, 7) is 1.78. The molecule has 1 unspecified atom stereocenters. The van der Waals surface area contributed by atoms with E-state index in [1.807, 2.05) is 7.05 Å². The zero-order valence-corrected chi connectivity index (χ0v) is 10.8. The fourth-order valence-electron chi connectivity index (χ4n) is 2.47. The minimum Gasteiger partial charge on any atom is -0.480 e. The number of amides is 1. The van der Waals surface area contributed by atoms with Crippen molar-refractivity contribution in [2.24, 2.45) is 5.92 Å². The summed E-state index contributed by atoms with van der Waals surface area (Å²) in [5, 5.41) is 9.07. The highest BCUT2D eigenvalue weighted by Crippen LogP contribution is 2.26. The average molecular weight is 258 g/mol. The Hall–Kier alpha value is -0.750. The van der Waals surface area contributed by atoms with E-state index in [0.717, 1.165) is 25.9 Å². The van der Waals surface area contributed by atoms with E-state index in [2.05, 4.69) is 4.90 Å². The first-order chi connectivity index (χ1) is 8.09. The first kappa shape index (κ1) is 12.7. The van der Waals surface area contributed by atoms with Gasteiger partial charge in [-0.15, -0.1) is 11.8 Å². The van der Waals surface area contributed by atoms with Gasteiger partial charge in [0.2, 0.25) is 5.91 Å². The summed E-state index contributed by atoms with van der Waals surface area (Å²) in [5.41, 5.74) is 0. The van der Waals surface area contributed by atoms with Gasteiger partial charge < -0.3 is 14.9 Å². The van der Waals surface area contributed by atoms with Crippen molar-refractivity contribution >= 4 is 23.6 Å². The van der Waals surface area contributed by atoms with Crippen LogP contribution in [0, 0.1) is 5.92 Å². The molecular weight excluding hydrogens is 240 g/mol. The molecule has 17 heavy (non-hydrogen) atoms. The molecule has 5 nitrogen and oxygen atoms in total. The highest BCUT2D eigenvalue weighted by molar-refractivity contribution is 7.99. The van der Waals surface area contributed by atoms with Crippen LogP contribution >= 0.6 is 11.8 Å². The van der Waals surface area contributed by atoms with Crippen LogP contribution in [0.4, 0.5) is 0 Å². The molecule has 0 aromatic rings. The third kappa shape index (κ3) is 2.74. The van der Waals surface area contributed by atoms with Crippen molar-refractivity contribution in [3.8, 4) is 0 Å². The van der Waals surface area contributed by atoms with E-state index >= 15 is 0 Å². The molecule has 0 aromatic heterocycles. The normalized spacial score (nSPS) is 30.5. The molecule has 6 heteroatoms. The Morgan fingerprint density at radius 3 is 2.82 bits per heavy atom. The number of carboxylic acids is 1. The molecule has 1 N–H and O–H groups in total. The van der Waals surface area contributed by atoms with Crippen LogP contribution in [0.5, 0.6) is 0 Å². The summed E-state index contributed by atoms with van der Waals surface area (Å²) < 4.78 is 0. The van der Waals surface area contributed by atoms with Crippen molar-refractivity contribution in [1.82, 2.24) is 9.80 Å². The van der Waals surface area contributed by atoms with Gasteiger partial charge in [0, 0.05) is 12.3 Å². The van der Waals surface area contributed by atoms with Crippen LogP contribution in [-0.4, -0.2) is 64.6 Å². The molecule has 2 aliphatic rings. The molecule has 0 saturated carbocycles.